The van der Waals surface area contributed by atoms with Crippen molar-refractivity contribution in [3.8, 4) is 0 Å². The summed E-state index contributed by atoms with van der Waals surface area (Å²) in [7, 11) is 0. The summed E-state index contributed by atoms with van der Waals surface area (Å²) >= 11 is 0. The third kappa shape index (κ3) is 6.36. The molecule has 0 saturated carbocycles. The Morgan fingerprint density at radius 2 is 1.63 bits per heavy atom. The molecule has 11 heteroatoms. The predicted octanol–water partition coefficient (Wildman–Crippen LogP) is 2.80. The Balaban J connectivity index is 1.30. The Morgan fingerprint density at radius 3 is 2.43 bits per heavy atom. The molecule has 0 radical (unpaired) electrons. The molecule has 2 N–H and O–H groups in total. The lowest BCUT2D eigenvalue weighted by molar-refractivity contribution is -0.165. The zero-order valence-electron chi connectivity index (χ0n) is 25.5. The van der Waals surface area contributed by atoms with E-state index in [9.17, 15) is 24.0 Å². The van der Waals surface area contributed by atoms with E-state index in [1.54, 1.807) is 48.2 Å². The van der Waals surface area contributed by atoms with E-state index in [1.165, 1.54) is 4.90 Å². The van der Waals surface area contributed by atoms with Crippen LogP contribution in [0.25, 0.3) is 10.8 Å². The minimum atomic E-state index is -1.10. The average Bonchev–Trinajstić information content (AvgIpc) is 3.42. The van der Waals surface area contributed by atoms with Gasteiger partial charge in [0, 0.05) is 24.3 Å². The van der Waals surface area contributed by atoms with Crippen molar-refractivity contribution in [2.45, 2.75) is 56.6 Å². The maximum atomic E-state index is 14.4. The van der Waals surface area contributed by atoms with Crippen LogP contribution in [-0.2, 0) is 23.9 Å². The maximum Gasteiger partial charge on any atom is 0.310 e. The van der Waals surface area contributed by atoms with Gasteiger partial charge in [-0.15, -0.1) is 0 Å². The highest BCUT2D eigenvalue weighted by atomic mass is 16.7. The summed E-state index contributed by atoms with van der Waals surface area (Å²) in [6.07, 6.45) is 3.37. The van der Waals surface area contributed by atoms with Crippen molar-refractivity contribution >= 4 is 40.4 Å². The number of nitrogens with zero attached hydrogens (tertiary/aromatic N) is 2. The molecule has 238 valence electrons. The summed E-state index contributed by atoms with van der Waals surface area (Å²) in [5, 5.41) is 7.44. The lowest BCUT2D eigenvalue weighted by Gasteiger charge is -2.47. The van der Waals surface area contributed by atoms with Crippen molar-refractivity contribution in [1.82, 2.24) is 20.4 Å². The number of carbonyl (C=O) groups is 5. The smallest absolute Gasteiger partial charge is 0.310 e. The van der Waals surface area contributed by atoms with Crippen molar-refractivity contribution < 1.29 is 33.4 Å². The number of hydrogen-bond donors (Lipinski definition) is 2. The van der Waals surface area contributed by atoms with Crippen LogP contribution < -0.4 is 10.6 Å². The monoisotopic (exact) mass is 624 g/mol. The summed E-state index contributed by atoms with van der Waals surface area (Å²) < 4.78 is 10.8. The predicted molar refractivity (Wildman–Crippen MR) is 168 cm³/mol. The summed E-state index contributed by atoms with van der Waals surface area (Å²) in [6.45, 7) is 2.15. The molecule has 6 rings (SSSR count). The molecule has 3 aromatic carbocycles. The quantitative estimate of drug-likeness (QED) is 0.305. The Labute approximate surface area is 266 Å². The molecule has 4 amide bonds. The molecular formula is C35H36N4O7. The Morgan fingerprint density at radius 1 is 0.891 bits per heavy atom. The van der Waals surface area contributed by atoms with E-state index in [2.05, 4.69) is 10.6 Å². The third-order valence-electron chi connectivity index (χ3n) is 8.62. The number of benzene rings is 3. The zero-order valence-corrected chi connectivity index (χ0v) is 25.5. The standard InChI is InChI=1S/C35H36N4O7/c1-2-45-35-28(19-30(40)46-35)37-32(42)29-21-38(33(43)23-12-4-3-5-13-23)20-24-15-7-9-18-27(34(44)39(24)29)36-31(41)26-17-10-14-22-11-6-8-16-25(22)26/h3-14,16-17,24,27-29,35H,2,15,18-21H2,1H3,(H,36,41)(H,37,42)/t24-,27-,28?,29-,35?/m0/s1. The molecule has 3 aliphatic heterocycles. The number of nitrogens with one attached hydrogen (secondary N) is 2. The van der Waals surface area contributed by atoms with E-state index in [4.69, 9.17) is 9.47 Å². The molecule has 0 spiro atoms. The van der Waals surface area contributed by atoms with Gasteiger partial charge in [-0.3, -0.25) is 24.0 Å². The van der Waals surface area contributed by atoms with Gasteiger partial charge < -0.3 is 29.9 Å². The largest absolute Gasteiger partial charge is 0.433 e. The highest BCUT2D eigenvalue weighted by Gasteiger charge is 2.46. The van der Waals surface area contributed by atoms with Gasteiger partial charge in [0.05, 0.1) is 19.0 Å². The molecule has 2 unspecified atom stereocenters. The second-order valence-electron chi connectivity index (χ2n) is 11.6. The Bertz CT molecular complexity index is 1670. The molecule has 5 atom stereocenters. The molecule has 3 aromatic rings. The number of hydrogen-bond acceptors (Lipinski definition) is 7. The molecule has 0 aromatic heterocycles. The van der Waals surface area contributed by atoms with E-state index in [-0.39, 0.29) is 38.4 Å². The first kappa shape index (κ1) is 31.0. The van der Waals surface area contributed by atoms with Crippen LogP contribution >= 0.6 is 0 Å². The van der Waals surface area contributed by atoms with E-state index < -0.39 is 54.1 Å². The van der Waals surface area contributed by atoms with Crippen LogP contribution in [0.4, 0.5) is 0 Å². The molecule has 2 saturated heterocycles. The molecule has 2 fully saturated rings. The first-order valence-electron chi connectivity index (χ1n) is 15.6. The van der Waals surface area contributed by atoms with Gasteiger partial charge >= 0.3 is 5.97 Å². The molecule has 0 bridgehead atoms. The van der Waals surface area contributed by atoms with Gasteiger partial charge in [-0.25, -0.2) is 0 Å². The summed E-state index contributed by atoms with van der Waals surface area (Å²) in [5.74, 6) is -2.13. The number of ether oxygens (including phenoxy) is 2. The highest BCUT2D eigenvalue weighted by molar-refractivity contribution is 6.08. The maximum absolute atomic E-state index is 14.4. The number of amides is 4. The van der Waals surface area contributed by atoms with Crippen LogP contribution in [0, 0.1) is 0 Å². The van der Waals surface area contributed by atoms with Crippen molar-refractivity contribution in [2.75, 3.05) is 19.7 Å². The fraction of sp³-hybridized carbons (Fsp3) is 0.343. The van der Waals surface area contributed by atoms with Crippen LogP contribution in [0.3, 0.4) is 0 Å². The van der Waals surface area contributed by atoms with E-state index in [0.717, 1.165) is 10.8 Å². The van der Waals surface area contributed by atoms with Crippen LogP contribution in [0.2, 0.25) is 0 Å². The van der Waals surface area contributed by atoms with Gasteiger partial charge in [0.25, 0.3) is 11.8 Å². The second-order valence-corrected chi connectivity index (χ2v) is 11.6. The number of rotatable bonds is 7. The van der Waals surface area contributed by atoms with Crippen molar-refractivity contribution in [1.29, 1.82) is 0 Å². The van der Waals surface area contributed by atoms with Gasteiger partial charge in [0.15, 0.2) is 0 Å². The third-order valence-corrected chi connectivity index (χ3v) is 8.62. The lowest BCUT2D eigenvalue weighted by Crippen LogP contribution is -2.68. The lowest BCUT2D eigenvalue weighted by atomic mass is 9.95. The van der Waals surface area contributed by atoms with Gasteiger partial charge in [-0.05, 0) is 48.7 Å². The highest BCUT2D eigenvalue weighted by Crippen LogP contribution is 2.26. The summed E-state index contributed by atoms with van der Waals surface area (Å²) in [4.78, 5) is 70.8. The fourth-order valence-electron chi connectivity index (χ4n) is 6.42. The van der Waals surface area contributed by atoms with Crippen molar-refractivity contribution in [3.63, 3.8) is 0 Å². The van der Waals surface area contributed by atoms with Crippen LogP contribution in [-0.4, -0.2) is 89.6 Å². The van der Waals surface area contributed by atoms with Gasteiger partial charge in [-0.2, -0.15) is 0 Å². The molecule has 3 aliphatic rings. The number of esters is 1. The number of fused-ring (bicyclic) bond motifs is 2. The molecule has 46 heavy (non-hydrogen) atoms. The average molecular weight is 625 g/mol. The van der Waals surface area contributed by atoms with Gasteiger partial charge in [0.1, 0.15) is 18.1 Å². The molecule has 3 heterocycles. The number of piperazine rings is 1. The minimum absolute atomic E-state index is 0.0731. The molecule has 11 nitrogen and oxygen atoms in total. The Kier molecular flexibility index (Phi) is 9.11. The van der Waals surface area contributed by atoms with E-state index in [1.807, 2.05) is 48.6 Å². The SMILES string of the molecule is CCOC1OC(=O)CC1NC(=O)[C@@H]1CN(C(=O)c2ccccc2)C[C@@H]2CC=CC[C@H](NC(=O)c3cccc4ccccc34)C(=O)N21. The van der Waals surface area contributed by atoms with Crippen LogP contribution in [0.15, 0.2) is 84.9 Å². The minimum Gasteiger partial charge on any atom is -0.433 e. The number of cyclic esters (lactones) is 1. The second kappa shape index (κ2) is 13.5. The zero-order chi connectivity index (χ0) is 32.2. The van der Waals surface area contributed by atoms with Gasteiger partial charge in [0.2, 0.25) is 18.1 Å². The Hall–Kier alpha value is -5.03. The van der Waals surface area contributed by atoms with E-state index >= 15 is 0 Å². The molecular weight excluding hydrogens is 588 g/mol. The normalized spacial score (nSPS) is 24.5. The van der Waals surface area contributed by atoms with Crippen LogP contribution in [0.1, 0.15) is 46.9 Å². The molecule has 0 aliphatic carbocycles. The van der Waals surface area contributed by atoms with E-state index in [0.29, 0.717) is 17.5 Å². The van der Waals surface area contributed by atoms with Crippen molar-refractivity contribution in [3.05, 3.63) is 96.1 Å². The summed E-state index contributed by atoms with van der Waals surface area (Å²) in [6, 6.07) is 18.4. The van der Waals surface area contributed by atoms with Crippen molar-refractivity contribution in [2.24, 2.45) is 0 Å². The first-order chi connectivity index (χ1) is 22.3. The summed E-state index contributed by atoms with van der Waals surface area (Å²) in [5.41, 5.74) is 0.906. The number of carbonyl (C=O) groups excluding carboxylic acids is 5. The van der Waals surface area contributed by atoms with Crippen LogP contribution in [0.5, 0.6) is 0 Å². The first-order valence-corrected chi connectivity index (χ1v) is 15.6. The van der Waals surface area contributed by atoms with Gasteiger partial charge in [-0.1, -0.05) is 66.7 Å². The fourth-order valence-corrected chi connectivity index (χ4v) is 6.42. The topological polar surface area (TPSA) is 134 Å².